The first-order valence-electron chi connectivity index (χ1n) is 10.4. The van der Waals surface area contributed by atoms with Gasteiger partial charge in [0.15, 0.2) is 0 Å². The zero-order chi connectivity index (χ0) is 22.4. The molecule has 0 N–H and O–H groups in total. The van der Waals surface area contributed by atoms with Gasteiger partial charge in [-0.1, -0.05) is 71.7 Å². The highest BCUT2D eigenvalue weighted by molar-refractivity contribution is 6.42. The first-order chi connectivity index (χ1) is 15.4. The molecule has 1 aliphatic heterocycles. The van der Waals surface area contributed by atoms with Crippen LogP contribution in [0.25, 0.3) is 0 Å². The van der Waals surface area contributed by atoms with E-state index in [1.807, 2.05) is 48.5 Å². The number of ketones is 1. The third-order valence-corrected chi connectivity index (χ3v) is 8.07. The molecule has 0 saturated carbocycles. The second-order valence-corrected chi connectivity index (χ2v) is 9.44. The van der Waals surface area contributed by atoms with Crippen molar-refractivity contribution in [3.8, 4) is 0 Å². The number of halogens is 2. The van der Waals surface area contributed by atoms with Crippen molar-refractivity contribution in [1.29, 1.82) is 0 Å². The molecular formula is C26H17Cl2NO3. The number of rotatable bonds is 2. The van der Waals surface area contributed by atoms with Crippen molar-refractivity contribution in [2.24, 2.45) is 11.8 Å². The van der Waals surface area contributed by atoms with E-state index in [4.69, 9.17) is 23.2 Å². The van der Waals surface area contributed by atoms with E-state index < -0.39 is 17.3 Å². The summed E-state index contributed by atoms with van der Waals surface area (Å²) in [6, 6.07) is 20.1. The van der Waals surface area contributed by atoms with Crippen LogP contribution in [-0.4, -0.2) is 17.6 Å². The van der Waals surface area contributed by atoms with Crippen molar-refractivity contribution in [2.75, 3.05) is 4.90 Å². The second kappa shape index (κ2) is 6.53. The Kier molecular flexibility index (Phi) is 4.02. The number of anilines is 1. The molecule has 158 valence electrons. The average Bonchev–Trinajstić information content (AvgIpc) is 3.06. The van der Waals surface area contributed by atoms with E-state index in [0.29, 0.717) is 10.7 Å². The van der Waals surface area contributed by atoms with Gasteiger partial charge in [0.2, 0.25) is 11.8 Å². The Morgan fingerprint density at radius 3 is 2.00 bits per heavy atom. The lowest BCUT2D eigenvalue weighted by atomic mass is 9.46. The van der Waals surface area contributed by atoms with E-state index >= 15 is 0 Å². The highest BCUT2D eigenvalue weighted by atomic mass is 35.5. The van der Waals surface area contributed by atoms with E-state index in [9.17, 15) is 14.4 Å². The van der Waals surface area contributed by atoms with E-state index in [1.54, 1.807) is 12.1 Å². The second-order valence-electron chi connectivity index (χ2n) is 8.63. The van der Waals surface area contributed by atoms with Crippen LogP contribution in [0.2, 0.25) is 10.0 Å². The van der Waals surface area contributed by atoms with Gasteiger partial charge < -0.3 is 0 Å². The summed E-state index contributed by atoms with van der Waals surface area (Å²) in [5, 5.41) is 0.600. The minimum absolute atomic E-state index is 0.136. The molecule has 32 heavy (non-hydrogen) atoms. The fourth-order valence-corrected chi connectivity index (χ4v) is 6.54. The number of hydrogen-bond acceptors (Lipinski definition) is 3. The molecule has 1 saturated heterocycles. The third-order valence-electron chi connectivity index (χ3n) is 7.33. The molecule has 0 unspecified atom stereocenters. The first kappa shape index (κ1) is 19.7. The van der Waals surface area contributed by atoms with E-state index in [0.717, 1.165) is 22.3 Å². The number of carbonyl (C=O) groups excluding carboxylic acids is 3. The van der Waals surface area contributed by atoms with Gasteiger partial charge in [-0.3, -0.25) is 14.4 Å². The molecule has 0 aromatic heterocycles. The lowest BCUT2D eigenvalue weighted by Crippen LogP contribution is -2.57. The quantitative estimate of drug-likeness (QED) is 0.496. The van der Waals surface area contributed by atoms with Crippen LogP contribution in [0.3, 0.4) is 0 Å². The Hall–Kier alpha value is -2.95. The SMILES string of the molecule is CC(=O)C12c3ccccc3C(c3ccccc31)[C@@H]1C(=O)N(c3ccc(Cl)c(Cl)c3)C(=O)[C@@H]12. The summed E-state index contributed by atoms with van der Waals surface area (Å²) in [6.07, 6.45) is 0. The van der Waals surface area contributed by atoms with E-state index in [1.165, 1.54) is 17.9 Å². The van der Waals surface area contributed by atoms with Gasteiger partial charge in [0.05, 0.1) is 33.0 Å². The van der Waals surface area contributed by atoms with Gasteiger partial charge >= 0.3 is 0 Å². The highest BCUT2D eigenvalue weighted by Crippen LogP contribution is 2.64. The van der Waals surface area contributed by atoms with Gasteiger partial charge in [-0.2, -0.15) is 0 Å². The Labute approximate surface area is 194 Å². The monoisotopic (exact) mass is 461 g/mol. The summed E-state index contributed by atoms with van der Waals surface area (Å²) in [4.78, 5) is 42.5. The lowest BCUT2D eigenvalue weighted by molar-refractivity contribution is -0.132. The third kappa shape index (κ3) is 2.17. The number of Topliss-reactive ketones (excluding diaryl/α,β-unsaturated/α-hetero) is 1. The van der Waals surface area contributed by atoms with Crippen molar-refractivity contribution >= 4 is 46.5 Å². The fourth-order valence-electron chi connectivity index (χ4n) is 6.25. The molecule has 1 fully saturated rings. The van der Waals surface area contributed by atoms with Crippen molar-refractivity contribution in [3.63, 3.8) is 0 Å². The van der Waals surface area contributed by atoms with Crippen LogP contribution in [0.4, 0.5) is 5.69 Å². The molecular weight excluding hydrogens is 445 g/mol. The standard InChI is InChI=1S/C26H17Cl2NO3/c1-13(30)26-17-8-4-2-6-15(17)21(16-7-3-5-9-18(16)26)22-23(26)25(32)29(24(22)31)14-10-11-19(27)20(28)12-14/h2-12,21-23H,1H3/t21?,22-,23+,26?/m0/s1. The first-order valence-corrected chi connectivity index (χ1v) is 11.2. The smallest absolute Gasteiger partial charge is 0.239 e. The van der Waals surface area contributed by atoms with Gasteiger partial charge in [-0.25, -0.2) is 4.90 Å². The topological polar surface area (TPSA) is 54.5 Å². The zero-order valence-corrected chi connectivity index (χ0v) is 18.5. The van der Waals surface area contributed by atoms with Crippen LogP contribution in [0, 0.1) is 11.8 Å². The number of imide groups is 1. The van der Waals surface area contributed by atoms with Crippen LogP contribution < -0.4 is 4.90 Å². The van der Waals surface area contributed by atoms with Crippen LogP contribution in [0.1, 0.15) is 35.1 Å². The average molecular weight is 462 g/mol. The molecule has 2 atom stereocenters. The molecule has 0 spiro atoms. The van der Waals surface area contributed by atoms with Crippen LogP contribution in [0.5, 0.6) is 0 Å². The zero-order valence-electron chi connectivity index (χ0n) is 17.0. The number of nitrogens with zero attached hydrogens (tertiary/aromatic N) is 1. The number of hydrogen-bond donors (Lipinski definition) is 0. The number of benzene rings is 3. The molecule has 0 radical (unpaired) electrons. The van der Waals surface area contributed by atoms with E-state index in [2.05, 4.69) is 0 Å². The minimum atomic E-state index is -1.20. The minimum Gasteiger partial charge on any atom is -0.299 e. The van der Waals surface area contributed by atoms with Gasteiger partial charge in [-0.15, -0.1) is 0 Å². The van der Waals surface area contributed by atoms with Crippen LogP contribution in [-0.2, 0) is 19.8 Å². The summed E-state index contributed by atoms with van der Waals surface area (Å²) in [5.41, 5.74) is 2.71. The molecule has 4 aliphatic rings. The summed E-state index contributed by atoms with van der Waals surface area (Å²) >= 11 is 12.3. The van der Waals surface area contributed by atoms with Crippen LogP contribution >= 0.6 is 23.2 Å². The summed E-state index contributed by atoms with van der Waals surface area (Å²) < 4.78 is 0. The largest absolute Gasteiger partial charge is 0.299 e. The molecule has 2 bridgehead atoms. The normalized spacial score (nSPS) is 27.2. The molecule has 3 aromatic carbocycles. The van der Waals surface area contributed by atoms with Crippen LogP contribution in [0.15, 0.2) is 66.7 Å². The van der Waals surface area contributed by atoms with Crippen molar-refractivity contribution in [3.05, 3.63) is 99.0 Å². The molecule has 2 amide bonds. The predicted molar refractivity (Wildman–Crippen MR) is 122 cm³/mol. The molecule has 3 aromatic rings. The Balaban J connectivity index is 1.66. The molecule has 4 nitrogen and oxygen atoms in total. The van der Waals surface area contributed by atoms with Crippen molar-refractivity contribution in [1.82, 2.24) is 0 Å². The van der Waals surface area contributed by atoms with E-state index in [-0.39, 0.29) is 28.5 Å². The number of carbonyl (C=O) groups is 3. The maximum absolute atomic E-state index is 13.9. The molecule has 6 heteroatoms. The van der Waals surface area contributed by atoms with Crippen molar-refractivity contribution in [2.45, 2.75) is 18.3 Å². The molecule has 3 aliphatic carbocycles. The molecule has 7 rings (SSSR count). The fraction of sp³-hybridized carbons (Fsp3) is 0.192. The maximum Gasteiger partial charge on any atom is 0.239 e. The van der Waals surface area contributed by atoms with Gasteiger partial charge in [0, 0.05) is 5.92 Å². The number of amides is 2. The lowest BCUT2D eigenvalue weighted by Gasteiger charge is -2.52. The summed E-state index contributed by atoms with van der Waals surface area (Å²) in [5.74, 6) is -2.58. The molecule has 1 heterocycles. The predicted octanol–water partition coefficient (Wildman–Crippen LogP) is 5.13. The Morgan fingerprint density at radius 1 is 0.844 bits per heavy atom. The Bertz CT molecular complexity index is 1320. The van der Waals surface area contributed by atoms with Gasteiger partial charge in [0.25, 0.3) is 0 Å². The summed E-state index contributed by atoms with van der Waals surface area (Å²) in [6.45, 7) is 1.52. The highest BCUT2D eigenvalue weighted by Gasteiger charge is 2.69. The van der Waals surface area contributed by atoms with Crippen molar-refractivity contribution < 1.29 is 14.4 Å². The Morgan fingerprint density at radius 2 is 1.44 bits per heavy atom. The van der Waals surface area contributed by atoms with Gasteiger partial charge in [-0.05, 0) is 47.4 Å². The van der Waals surface area contributed by atoms with Gasteiger partial charge in [0.1, 0.15) is 5.78 Å². The summed E-state index contributed by atoms with van der Waals surface area (Å²) in [7, 11) is 0. The maximum atomic E-state index is 13.9.